The second-order valence-corrected chi connectivity index (χ2v) is 8.51. The van der Waals surface area contributed by atoms with Crippen LogP contribution < -0.4 is 11.4 Å². The number of carbonyl (C=O) groups excluding carboxylic acids is 1. The maximum absolute atomic E-state index is 13.0. The maximum Gasteiger partial charge on any atom is 0.390 e. The average molecular weight is 572 g/mol. The highest BCUT2D eigenvalue weighted by Gasteiger charge is 2.29. The minimum atomic E-state index is -4.48. The number of aromatic nitrogens is 7. The van der Waals surface area contributed by atoms with Crippen molar-refractivity contribution in [2.45, 2.75) is 25.7 Å². The van der Waals surface area contributed by atoms with Gasteiger partial charge in [0, 0.05) is 23.3 Å². The number of amides is 1. The summed E-state index contributed by atoms with van der Waals surface area (Å²) in [5.74, 6) is -0.933. The topological polar surface area (TPSA) is 127 Å². The number of hydrogen-bond donors (Lipinski definition) is 1. The molecule has 2 N–H and O–H groups in total. The van der Waals surface area contributed by atoms with Crippen LogP contribution in [0.25, 0.3) is 17.2 Å². The Morgan fingerprint density at radius 2 is 1.86 bits per heavy atom. The number of nitrogens with zero attached hydrogens (tertiary/aromatic N) is 7. The predicted octanol–water partition coefficient (Wildman–Crippen LogP) is 3.20. The zero-order valence-corrected chi connectivity index (χ0v) is 19.9. The van der Waals surface area contributed by atoms with Crippen LogP contribution in [0.3, 0.4) is 0 Å². The molecule has 0 aliphatic carbocycles. The minimum absolute atomic E-state index is 0.0120. The second kappa shape index (κ2) is 9.62. The molecule has 0 aliphatic rings. The number of nitrogens with two attached hydrogens (primary N) is 1. The molecule has 0 saturated heterocycles. The summed E-state index contributed by atoms with van der Waals surface area (Å²) >= 11 is 9.21. The quantitative estimate of drug-likeness (QED) is 0.363. The number of primary amides is 1. The van der Waals surface area contributed by atoms with Crippen LogP contribution in [-0.2, 0) is 13.1 Å². The molecule has 3 aromatic heterocycles. The molecule has 0 fully saturated rings. The molecular formula is C20H15BrClF3N8O2. The lowest BCUT2D eigenvalue weighted by Gasteiger charge is -2.08. The smallest absolute Gasteiger partial charge is 0.363 e. The third-order valence-corrected chi connectivity index (χ3v) is 5.62. The first-order valence-corrected chi connectivity index (χ1v) is 11.1. The van der Waals surface area contributed by atoms with Gasteiger partial charge in [0.2, 0.25) is 5.82 Å². The van der Waals surface area contributed by atoms with Crippen molar-refractivity contribution in [3.05, 3.63) is 74.2 Å². The first-order chi connectivity index (χ1) is 16.5. The largest absolute Gasteiger partial charge is 0.390 e. The van der Waals surface area contributed by atoms with Crippen molar-refractivity contribution in [1.82, 2.24) is 34.1 Å². The van der Waals surface area contributed by atoms with Crippen molar-refractivity contribution in [3.63, 3.8) is 0 Å². The molecule has 10 nitrogen and oxygen atoms in total. The van der Waals surface area contributed by atoms with Gasteiger partial charge >= 0.3 is 11.9 Å². The van der Waals surface area contributed by atoms with E-state index in [1.54, 1.807) is 12.1 Å². The Morgan fingerprint density at radius 3 is 2.49 bits per heavy atom. The fourth-order valence-corrected chi connectivity index (χ4v) is 3.74. The standard InChI is InChI=1S/C20H15BrClF3N8O2/c21-13-2-1-8-27-17(13)33-18(15(26)34)28-14(29-33)10-32-19(35)31(9-7-20(23,24)25)16(30-32)11-3-5-12(22)6-4-11/h1-6,8H,7,9-10H2,(H2,26,34). The highest BCUT2D eigenvalue weighted by molar-refractivity contribution is 9.10. The Morgan fingerprint density at radius 1 is 1.14 bits per heavy atom. The van der Waals surface area contributed by atoms with Gasteiger partial charge in [0.1, 0.15) is 6.54 Å². The Labute approximate surface area is 208 Å². The van der Waals surface area contributed by atoms with Crippen molar-refractivity contribution in [2.24, 2.45) is 5.73 Å². The number of rotatable bonds is 7. The Balaban J connectivity index is 1.76. The van der Waals surface area contributed by atoms with E-state index >= 15 is 0 Å². The van der Waals surface area contributed by atoms with E-state index in [1.165, 1.54) is 30.5 Å². The zero-order chi connectivity index (χ0) is 25.3. The Hall–Kier alpha value is -3.52. The van der Waals surface area contributed by atoms with Gasteiger partial charge in [-0.05, 0) is 52.3 Å². The van der Waals surface area contributed by atoms with Gasteiger partial charge in [-0.1, -0.05) is 11.6 Å². The van der Waals surface area contributed by atoms with E-state index in [9.17, 15) is 22.8 Å². The average Bonchev–Trinajstić information content (AvgIpc) is 3.34. The monoisotopic (exact) mass is 570 g/mol. The summed E-state index contributed by atoms with van der Waals surface area (Å²) in [4.78, 5) is 33.2. The molecule has 182 valence electrons. The van der Waals surface area contributed by atoms with Gasteiger partial charge in [0.05, 0.1) is 10.9 Å². The molecule has 1 amide bonds. The molecule has 0 radical (unpaired) electrons. The van der Waals surface area contributed by atoms with E-state index in [2.05, 4.69) is 36.1 Å². The van der Waals surface area contributed by atoms with Crippen LogP contribution in [0.1, 0.15) is 22.9 Å². The van der Waals surface area contributed by atoms with Gasteiger partial charge in [-0.2, -0.15) is 17.9 Å². The van der Waals surface area contributed by atoms with Gasteiger partial charge in [0.15, 0.2) is 17.5 Å². The summed E-state index contributed by atoms with van der Waals surface area (Å²) in [5.41, 5.74) is 5.00. The lowest BCUT2D eigenvalue weighted by molar-refractivity contribution is -0.136. The summed E-state index contributed by atoms with van der Waals surface area (Å²) < 4.78 is 42.1. The fraction of sp³-hybridized carbons (Fsp3) is 0.200. The number of benzene rings is 1. The van der Waals surface area contributed by atoms with Crippen LogP contribution in [0.5, 0.6) is 0 Å². The van der Waals surface area contributed by atoms with Crippen LogP contribution in [0, 0.1) is 0 Å². The van der Waals surface area contributed by atoms with Gasteiger partial charge in [-0.25, -0.2) is 19.4 Å². The molecule has 4 rings (SSSR count). The van der Waals surface area contributed by atoms with Crippen LogP contribution in [0.2, 0.25) is 5.02 Å². The summed E-state index contributed by atoms with van der Waals surface area (Å²) in [6.45, 7) is -0.980. The highest BCUT2D eigenvalue weighted by Crippen LogP contribution is 2.24. The van der Waals surface area contributed by atoms with Gasteiger partial charge in [-0.15, -0.1) is 10.2 Å². The van der Waals surface area contributed by atoms with Crippen LogP contribution in [0.4, 0.5) is 13.2 Å². The van der Waals surface area contributed by atoms with Crippen molar-refractivity contribution in [2.75, 3.05) is 0 Å². The van der Waals surface area contributed by atoms with Gasteiger partial charge < -0.3 is 5.73 Å². The van der Waals surface area contributed by atoms with Crippen molar-refractivity contribution in [3.8, 4) is 17.2 Å². The molecule has 35 heavy (non-hydrogen) atoms. The van der Waals surface area contributed by atoms with E-state index in [-0.39, 0.29) is 29.8 Å². The minimum Gasteiger partial charge on any atom is -0.363 e. The summed E-state index contributed by atoms with van der Waals surface area (Å²) in [7, 11) is 0. The van der Waals surface area contributed by atoms with Crippen molar-refractivity contribution < 1.29 is 18.0 Å². The van der Waals surface area contributed by atoms with E-state index < -0.39 is 30.7 Å². The number of halogens is 5. The normalized spacial score (nSPS) is 11.7. The lowest BCUT2D eigenvalue weighted by atomic mass is 10.2. The number of hydrogen-bond acceptors (Lipinski definition) is 6. The summed E-state index contributed by atoms with van der Waals surface area (Å²) in [6.07, 6.45) is -4.24. The third-order valence-electron chi connectivity index (χ3n) is 4.75. The van der Waals surface area contributed by atoms with Gasteiger partial charge in [0.25, 0.3) is 5.91 Å². The van der Waals surface area contributed by atoms with Gasteiger partial charge in [-0.3, -0.25) is 9.36 Å². The highest BCUT2D eigenvalue weighted by atomic mass is 79.9. The second-order valence-electron chi connectivity index (χ2n) is 7.22. The molecular weight excluding hydrogens is 557 g/mol. The van der Waals surface area contributed by atoms with Crippen molar-refractivity contribution >= 4 is 33.4 Å². The van der Waals surface area contributed by atoms with E-state index in [4.69, 9.17) is 17.3 Å². The molecule has 0 spiro atoms. The number of carbonyl (C=O) groups is 1. The molecule has 0 aliphatic heterocycles. The SMILES string of the molecule is NC(=O)c1nc(Cn2nc(-c3ccc(Cl)cc3)n(CCC(F)(F)F)c2=O)nn1-c1ncccc1Br. The Kier molecular flexibility index (Phi) is 6.76. The van der Waals surface area contributed by atoms with E-state index in [0.29, 0.717) is 15.1 Å². The maximum atomic E-state index is 13.0. The first-order valence-electron chi connectivity index (χ1n) is 9.90. The third kappa shape index (κ3) is 5.43. The van der Waals surface area contributed by atoms with E-state index in [1.807, 2.05) is 0 Å². The van der Waals surface area contributed by atoms with Crippen LogP contribution in [-0.4, -0.2) is 46.2 Å². The predicted molar refractivity (Wildman–Crippen MR) is 122 cm³/mol. The van der Waals surface area contributed by atoms with Crippen LogP contribution in [0.15, 0.2) is 51.9 Å². The molecule has 0 bridgehead atoms. The van der Waals surface area contributed by atoms with E-state index in [0.717, 1.165) is 13.9 Å². The number of alkyl halides is 3. The zero-order valence-electron chi connectivity index (χ0n) is 17.6. The molecule has 0 saturated carbocycles. The van der Waals surface area contributed by atoms with Crippen molar-refractivity contribution in [1.29, 1.82) is 0 Å². The molecule has 15 heteroatoms. The number of pyridine rings is 1. The molecule has 3 heterocycles. The Bertz CT molecular complexity index is 1450. The first kappa shape index (κ1) is 24.6. The molecule has 0 unspecified atom stereocenters. The molecule has 1 aromatic carbocycles. The lowest BCUT2D eigenvalue weighted by Crippen LogP contribution is -2.27. The molecule has 4 aromatic rings. The summed E-state index contributed by atoms with van der Waals surface area (Å²) in [5, 5.41) is 8.83. The summed E-state index contributed by atoms with van der Waals surface area (Å²) in [6, 6.07) is 9.45. The fourth-order valence-electron chi connectivity index (χ4n) is 3.19. The van der Waals surface area contributed by atoms with Crippen LogP contribution >= 0.6 is 27.5 Å². The molecule has 0 atom stereocenters.